The summed E-state index contributed by atoms with van der Waals surface area (Å²) in [5, 5.41) is 2.43. The van der Waals surface area contributed by atoms with Crippen LogP contribution < -0.4 is 0 Å². The molecule has 0 aliphatic heterocycles. The van der Waals surface area contributed by atoms with Gasteiger partial charge in [-0.3, -0.25) is 0 Å². The Bertz CT molecular complexity index is 96.1. The van der Waals surface area contributed by atoms with Crippen LogP contribution in [-0.2, 0) is 11.3 Å². The smallest absolute Gasteiger partial charge is 0.141 e. The van der Waals surface area contributed by atoms with Gasteiger partial charge < -0.3 is 0 Å². The van der Waals surface area contributed by atoms with Crippen molar-refractivity contribution >= 4 is 16.3 Å². The van der Waals surface area contributed by atoms with Crippen LogP contribution in [0, 0.1) is 0 Å². The Morgan fingerprint density at radius 3 is 2.83 bits per heavy atom. The molecule has 0 aromatic rings. The van der Waals surface area contributed by atoms with Gasteiger partial charge in [-0.2, -0.15) is 0 Å². The lowest BCUT2D eigenvalue weighted by molar-refractivity contribution is 0.701. The fourth-order valence-corrected chi connectivity index (χ4v) is 0.352. The molecule has 0 bridgehead atoms. The fourth-order valence-electron chi connectivity index (χ4n) is 0.117. The van der Waals surface area contributed by atoms with Crippen LogP contribution in [0.2, 0.25) is 0 Å². The molecule has 6 heavy (non-hydrogen) atoms. The molecule has 0 aromatic carbocycles. The van der Waals surface area contributed by atoms with Gasteiger partial charge in [-0.05, 0) is 17.5 Å². The third kappa shape index (κ3) is 3.67. The fraction of sp³-hybridized carbons (Fsp3) is 0.500. The van der Waals surface area contributed by atoms with E-state index in [0.29, 0.717) is 11.3 Å². The van der Waals surface area contributed by atoms with Crippen molar-refractivity contribution in [2.75, 3.05) is 0 Å². The minimum atomic E-state index is 0.371. The second-order valence-electron chi connectivity index (χ2n) is 0.814. The Hall–Kier alpha value is -0.330. The van der Waals surface area contributed by atoms with E-state index in [9.17, 15) is 4.21 Å². The molecule has 0 spiro atoms. The summed E-state index contributed by atoms with van der Waals surface area (Å²) in [6, 6.07) is 0. The topological polar surface area (TPSA) is 17.1 Å². The van der Waals surface area contributed by atoms with Crippen molar-refractivity contribution in [2.24, 2.45) is 0 Å². The second kappa shape index (κ2) is 4.67. The standard InChI is InChI=1S/C4H6OS/c1-2-3-4-6-5/h3H,2H2,1H3. The Labute approximate surface area is 40.8 Å². The molecule has 0 N–H and O–H groups in total. The SMILES string of the molecule is CCC=C=S=O. The first kappa shape index (κ1) is 5.67. The van der Waals surface area contributed by atoms with E-state index in [4.69, 9.17) is 0 Å². The second-order valence-corrected chi connectivity index (χ2v) is 1.22. The number of hydrogen-bond acceptors (Lipinski definition) is 1. The maximum atomic E-state index is 9.46. The third-order valence-electron chi connectivity index (χ3n) is 0.336. The zero-order valence-corrected chi connectivity index (χ0v) is 4.42. The highest BCUT2D eigenvalue weighted by Gasteiger charge is 1.52. The lowest BCUT2D eigenvalue weighted by Gasteiger charge is -1.58. The van der Waals surface area contributed by atoms with Crippen LogP contribution in [0.25, 0.3) is 0 Å². The molecule has 2 heteroatoms. The molecule has 0 amide bonds. The van der Waals surface area contributed by atoms with Gasteiger partial charge in [0.25, 0.3) is 0 Å². The minimum Gasteiger partial charge on any atom is -0.203 e. The maximum Gasteiger partial charge on any atom is 0.141 e. The number of rotatable bonds is 1. The van der Waals surface area contributed by atoms with Crippen molar-refractivity contribution in [1.29, 1.82) is 0 Å². The Balaban J connectivity index is 3.47. The maximum absolute atomic E-state index is 9.46. The van der Waals surface area contributed by atoms with E-state index in [1.165, 1.54) is 0 Å². The first-order valence-electron chi connectivity index (χ1n) is 1.77. The van der Waals surface area contributed by atoms with Gasteiger partial charge in [0.2, 0.25) is 0 Å². The molecule has 0 saturated carbocycles. The first-order chi connectivity index (χ1) is 2.91. The molecule has 0 atom stereocenters. The molecular formula is C4H6OS. The third-order valence-corrected chi connectivity index (χ3v) is 0.598. The lowest BCUT2D eigenvalue weighted by Crippen LogP contribution is -1.49. The van der Waals surface area contributed by atoms with Crippen LogP contribution in [-0.4, -0.2) is 9.23 Å². The van der Waals surface area contributed by atoms with Crippen LogP contribution in [0.15, 0.2) is 6.08 Å². The molecule has 0 rings (SSSR count). The van der Waals surface area contributed by atoms with Gasteiger partial charge in [0.1, 0.15) is 11.3 Å². The van der Waals surface area contributed by atoms with Crippen LogP contribution >= 0.6 is 0 Å². The highest BCUT2D eigenvalue weighted by Crippen LogP contribution is 1.66. The summed E-state index contributed by atoms with van der Waals surface area (Å²) in [7, 11) is 0. The number of allylic oxidation sites excluding steroid dienone is 1. The van der Waals surface area contributed by atoms with Crippen LogP contribution in [0.4, 0.5) is 0 Å². The summed E-state index contributed by atoms with van der Waals surface area (Å²) < 4.78 is 9.46. The monoisotopic (exact) mass is 102 g/mol. The van der Waals surface area contributed by atoms with Crippen LogP contribution in [0.5, 0.6) is 0 Å². The molecule has 34 valence electrons. The molecule has 1 nitrogen and oxygen atoms in total. The molecular weight excluding hydrogens is 96.1 g/mol. The average Bonchev–Trinajstić information content (AvgIpc) is 1.61. The molecule has 0 aromatic heterocycles. The molecule has 0 heterocycles. The first-order valence-corrected chi connectivity index (χ1v) is 2.52. The lowest BCUT2D eigenvalue weighted by atomic mass is 10.5. The van der Waals surface area contributed by atoms with Gasteiger partial charge in [-0.1, -0.05) is 6.92 Å². The van der Waals surface area contributed by atoms with Crippen molar-refractivity contribution < 1.29 is 4.21 Å². The van der Waals surface area contributed by atoms with Gasteiger partial charge in [0.05, 0.1) is 0 Å². The molecule has 0 unspecified atom stereocenters. The van der Waals surface area contributed by atoms with E-state index in [2.05, 4.69) is 5.02 Å². The van der Waals surface area contributed by atoms with Gasteiger partial charge in [-0.25, -0.2) is 4.21 Å². The van der Waals surface area contributed by atoms with Crippen molar-refractivity contribution in [3.05, 3.63) is 6.08 Å². The predicted molar refractivity (Wildman–Crippen MR) is 28.0 cm³/mol. The van der Waals surface area contributed by atoms with E-state index >= 15 is 0 Å². The summed E-state index contributed by atoms with van der Waals surface area (Å²) in [4.78, 5) is 0. The normalized spacial score (nSPS) is 6.17. The molecule has 0 fully saturated rings. The van der Waals surface area contributed by atoms with E-state index in [1.807, 2.05) is 6.92 Å². The largest absolute Gasteiger partial charge is 0.203 e. The van der Waals surface area contributed by atoms with Crippen LogP contribution in [0.3, 0.4) is 0 Å². The zero-order valence-electron chi connectivity index (χ0n) is 3.60. The molecule has 0 radical (unpaired) electrons. The quantitative estimate of drug-likeness (QED) is 0.442. The minimum absolute atomic E-state index is 0.371. The van der Waals surface area contributed by atoms with Crippen LogP contribution in [0.1, 0.15) is 13.3 Å². The van der Waals surface area contributed by atoms with E-state index in [-0.39, 0.29) is 0 Å². The van der Waals surface area contributed by atoms with Crippen molar-refractivity contribution in [3.63, 3.8) is 0 Å². The molecule has 0 aliphatic rings. The molecule has 0 saturated heterocycles. The van der Waals surface area contributed by atoms with E-state index < -0.39 is 0 Å². The number of hydrogen-bond donors (Lipinski definition) is 0. The van der Waals surface area contributed by atoms with Crippen molar-refractivity contribution in [1.82, 2.24) is 0 Å². The van der Waals surface area contributed by atoms with E-state index in [0.717, 1.165) is 6.42 Å². The summed E-state index contributed by atoms with van der Waals surface area (Å²) >= 11 is 0.371. The summed E-state index contributed by atoms with van der Waals surface area (Å²) in [5.74, 6) is 0. The molecule has 0 aliphatic carbocycles. The van der Waals surface area contributed by atoms with Crippen molar-refractivity contribution in [3.8, 4) is 0 Å². The summed E-state index contributed by atoms with van der Waals surface area (Å²) in [6.45, 7) is 1.96. The van der Waals surface area contributed by atoms with Crippen molar-refractivity contribution in [2.45, 2.75) is 13.3 Å². The highest BCUT2D eigenvalue weighted by atomic mass is 32.1. The van der Waals surface area contributed by atoms with Gasteiger partial charge >= 0.3 is 0 Å². The Morgan fingerprint density at radius 2 is 2.67 bits per heavy atom. The summed E-state index contributed by atoms with van der Waals surface area (Å²) in [6.07, 6.45) is 2.60. The Kier molecular flexibility index (Phi) is 4.41. The van der Waals surface area contributed by atoms with Gasteiger partial charge in [0, 0.05) is 0 Å². The van der Waals surface area contributed by atoms with Gasteiger partial charge in [-0.15, -0.1) is 0 Å². The van der Waals surface area contributed by atoms with E-state index in [1.54, 1.807) is 6.08 Å². The highest BCUT2D eigenvalue weighted by molar-refractivity contribution is 7.64. The Morgan fingerprint density at radius 1 is 2.00 bits per heavy atom. The predicted octanol–water partition coefficient (Wildman–Crippen LogP) is 0.567. The zero-order chi connectivity index (χ0) is 4.83. The summed E-state index contributed by atoms with van der Waals surface area (Å²) in [5.41, 5.74) is 0. The average molecular weight is 102 g/mol. The van der Waals surface area contributed by atoms with Gasteiger partial charge in [0.15, 0.2) is 0 Å².